The van der Waals surface area contributed by atoms with Crippen molar-refractivity contribution in [2.45, 2.75) is 105 Å². The summed E-state index contributed by atoms with van der Waals surface area (Å²) in [6, 6.07) is 11.7. The molecule has 7 rings (SSSR count). The fourth-order valence-corrected chi connectivity index (χ4v) is 8.24. The van der Waals surface area contributed by atoms with Crippen molar-refractivity contribution >= 4 is 5.91 Å². The molecular weight excluding hydrogens is 674 g/mol. The second kappa shape index (κ2) is 15.1. The molecule has 0 aromatic heterocycles. The molecule has 8 N–H and O–H groups in total. The number of aliphatic hydroxyl groups excluding tert-OH is 8. The number of amides is 1. The number of hydrogen-bond donors (Lipinski definition) is 8. The van der Waals surface area contributed by atoms with E-state index in [0.717, 1.165) is 28.7 Å². The standard InChI is InChI=1S/C39H45NO12/c41-16-11-29-34(45)36(47)32(43)27(51-29)9-5-21-3-7-23-24-8-4-22(6-10-28-33(44)37(48)35(46)31(20-42)52-28)19-26(24)39(25(23)18-21)12-14-40(15-13-39)38(49)30-2-1-17-50-30/h3-4,7-8,18-19,27-37,41-48H,1-2,11-17,20H2/t27-,28-,29-,30-,31-,32-,33-,34-,35-,36-,37-/m1/s1. The molecule has 4 heterocycles. The van der Waals surface area contributed by atoms with Crippen molar-refractivity contribution in [3.05, 3.63) is 58.7 Å². The first-order chi connectivity index (χ1) is 25.1. The van der Waals surface area contributed by atoms with E-state index < -0.39 is 79.2 Å². The smallest absolute Gasteiger partial charge is 0.251 e. The molecule has 11 atom stereocenters. The SMILES string of the molecule is O=C([C@H]1CCCO1)N1CCC2(CC1)c1cc(C#C[C@H]3O[C@H](CO)[C@@H](O)[C@H](O)[C@@H]3O)ccc1-c1ccc(C#C[C@H]3O[C@H](CCO)[C@@H](O)[C@H](O)[C@@H]3O)cc12. The van der Waals surface area contributed by atoms with Gasteiger partial charge in [-0.05, 0) is 78.6 Å². The van der Waals surface area contributed by atoms with Crippen molar-refractivity contribution in [2.75, 3.05) is 32.9 Å². The molecule has 0 unspecified atom stereocenters. The third-order valence-electron chi connectivity index (χ3n) is 11.2. The summed E-state index contributed by atoms with van der Waals surface area (Å²) in [6.07, 6.45) is -10.5. The van der Waals surface area contributed by atoms with Gasteiger partial charge < -0.3 is 60.0 Å². The van der Waals surface area contributed by atoms with Crippen LogP contribution in [0.25, 0.3) is 11.1 Å². The predicted molar refractivity (Wildman–Crippen MR) is 183 cm³/mol. The number of ether oxygens (including phenoxy) is 3. The molecule has 1 aliphatic carbocycles. The Kier molecular flexibility index (Phi) is 10.8. The molecular formula is C39H45NO12. The highest BCUT2D eigenvalue weighted by atomic mass is 16.5. The van der Waals surface area contributed by atoms with Crippen molar-refractivity contribution in [1.29, 1.82) is 0 Å². The number of nitrogens with zero attached hydrogens (tertiary/aromatic N) is 1. The minimum atomic E-state index is -1.53. The molecule has 1 spiro atoms. The topological polar surface area (TPSA) is 210 Å². The van der Waals surface area contributed by atoms with E-state index in [1.54, 1.807) is 0 Å². The molecule has 2 aromatic carbocycles. The predicted octanol–water partition coefficient (Wildman–Crippen LogP) is -1.47. The maximum atomic E-state index is 13.3. The van der Waals surface area contributed by atoms with Gasteiger partial charge in [0.25, 0.3) is 5.91 Å². The van der Waals surface area contributed by atoms with Gasteiger partial charge in [-0.2, -0.15) is 0 Å². The summed E-state index contributed by atoms with van der Waals surface area (Å²) < 4.78 is 17.1. The first-order valence-electron chi connectivity index (χ1n) is 17.9. The summed E-state index contributed by atoms with van der Waals surface area (Å²) in [5, 5.41) is 81.2. The lowest BCUT2D eigenvalue weighted by atomic mass is 9.70. The Labute approximate surface area is 301 Å². The van der Waals surface area contributed by atoms with E-state index in [2.05, 4.69) is 23.7 Å². The van der Waals surface area contributed by atoms with Gasteiger partial charge in [0.2, 0.25) is 0 Å². The Morgan fingerprint density at radius 2 is 1.29 bits per heavy atom. The van der Waals surface area contributed by atoms with Gasteiger partial charge in [-0.3, -0.25) is 4.79 Å². The third kappa shape index (κ3) is 6.66. The van der Waals surface area contributed by atoms with Crippen molar-refractivity contribution in [3.8, 4) is 34.8 Å². The van der Waals surface area contributed by atoms with Crippen LogP contribution in [-0.4, -0.2) is 152 Å². The molecule has 4 fully saturated rings. The van der Waals surface area contributed by atoms with Crippen LogP contribution in [0.1, 0.15) is 54.4 Å². The van der Waals surface area contributed by atoms with Crippen LogP contribution in [-0.2, 0) is 24.4 Å². The van der Waals surface area contributed by atoms with Gasteiger partial charge in [-0.15, -0.1) is 0 Å². The van der Waals surface area contributed by atoms with Crippen LogP contribution in [0.5, 0.6) is 0 Å². The van der Waals surface area contributed by atoms with Crippen molar-refractivity contribution in [1.82, 2.24) is 4.90 Å². The summed E-state index contributed by atoms with van der Waals surface area (Å²) in [7, 11) is 0. The molecule has 2 aromatic rings. The lowest BCUT2D eigenvalue weighted by Gasteiger charge is -2.41. The van der Waals surface area contributed by atoms with Crippen LogP contribution < -0.4 is 0 Å². The van der Waals surface area contributed by atoms with Gasteiger partial charge in [-0.25, -0.2) is 0 Å². The molecule has 13 heteroatoms. The van der Waals surface area contributed by atoms with Gasteiger partial charge in [0.05, 0.1) is 12.7 Å². The summed E-state index contributed by atoms with van der Waals surface area (Å²) in [5.74, 6) is 11.9. The van der Waals surface area contributed by atoms with E-state index in [9.17, 15) is 45.6 Å². The molecule has 13 nitrogen and oxygen atoms in total. The largest absolute Gasteiger partial charge is 0.396 e. The maximum absolute atomic E-state index is 13.3. The van der Waals surface area contributed by atoms with Crippen molar-refractivity contribution < 1.29 is 59.9 Å². The van der Waals surface area contributed by atoms with Crippen LogP contribution >= 0.6 is 0 Å². The number of carbonyl (C=O) groups is 1. The first kappa shape index (κ1) is 36.9. The number of piperidine rings is 1. The Balaban J connectivity index is 1.21. The van der Waals surface area contributed by atoms with Crippen LogP contribution in [0.15, 0.2) is 36.4 Å². The Morgan fingerprint density at radius 1 is 0.750 bits per heavy atom. The summed E-state index contributed by atoms with van der Waals surface area (Å²) in [6.45, 7) is 0.767. The van der Waals surface area contributed by atoms with E-state index in [1.165, 1.54) is 0 Å². The molecule has 278 valence electrons. The monoisotopic (exact) mass is 719 g/mol. The zero-order chi connectivity index (χ0) is 36.7. The number of rotatable bonds is 4. The molecule has 5 aliphatic rings. The minimum Gasteiger partial charge on any atom is -0.396 e. The first-order valence-corrected chi connectivity index (χ1v) is 17.9. The molecule has 0 saturated carbocycles. The van der Waals surface area contributed by atoms with Crippen LogP contribution in [0, 0.1) is 23.7 Å². The molecule has 4 aliphatic heterocycles. The Hall–Kier alpha value is -3.41. The fraction of sp³-hybridized carbons (Fsp3) is 0.564. The number of carbonyl (C=O) groups excluding carboxylic acids is 1. The summed E-state index contributed by atoms with van der Waals surface area (Å²) >= 11 is 0. The highest BCUT2D eigenvalue weighted by molar-refractivity contribution is 5.84. The highest BCUT2D eigenvalue weighted by Gasteiger charge is 2.47. The molecule has 52 heavy (non-hydrogen) atoms. The Morgan fingerprint density at radius 3 is 1.79 bits per heavy atom. The van der Waals surface area contributed by atoms with Crippen LogP contribution in [0.3, 0.4) is 0 Å². The molecule has 0 radical (unpaired) electrons. The fourth-order valence-electron chi connectivity index (χ4n) is 8.24. The second-order valence-corrected chi connectivity index (χ2v) is 14.3. The number of likely N-dealkylation sites (tertiary alicyclic amines) is 1. The summed E-state index contributed by atoms with van der Waals surface area (Å²) in [5.41, 5.74) is 4.81. The summed E-state index contributed by atoms with van der Waals surface area (Å²) in [4.78, 5) is 15.2. The number of hydrogen-bond acceptors (Lipinski definition) is 12. The van der Waals surface area contributed by atoms with Gasteiger partial charge in [0.1, 0.15) is 61.0 Å². The van der Waals surface area contributed by atoms with Crippen molar-refractivity contribution in [3.63, 3.8) is 0 Å². The number of fused-ring (bicyclic) bond motifs is 5. The normalized spacial score (nSPS) is 34.8. The maximum Gasteiger partial charge on any atom is 0.251 e. The van der Waals surface area contributed by atoms with E-state index in [-0.39, 0.29) is 18.9 Å². The zero-order valence-corrected chi connectivity index (χ0v) is 28.5. The van der Waals surface area contributed by atoms with Gasteiger partial charge >= 0.3 is 0 Å². The van der Waals surface area contributed by atoms with Crippen LogP contribution in [0.4, 0.5) is 0 Å². The lowest BCUT2D eigenvalue weighted by Crippen LogP contribution is -2.58. The van der Waals surface area contributed by atoms with E-state index in [1.807, 2.05) is 41.3 Å². The number of benzene rings is 2. The van der Waals surface area contributed by atoms with Gasteiger partial charge in [0.15, 0.2) is 0 Å². The van der Waals surface area contributed by atoms with E-state index >= 15 is 0 Å². The van der Waals surface area contributed by atoms with E-state index in [0.29, 0.717) is 50.1 Å². The van der Waals surface area contributed by atoms with E-state index in [4.69, 9.17) is 14.2 Å². The van der Waals surface area contributed by atoms with Crippen molar-refractivity contribution in [2.24, 2.45) is 0 Å². The average molecular weight is 720 g/mol. The average Bonchev–Trinajstić information content (AvgIpc) is 3.79. The molecule has 4 saturated heterocycles. The zero-order valence-electron chi connectivity index (χ0n) is 28.5. The lowest BCUT2D eigenvalue weighted by molar-refractivity contribution is -0.214. The quantitative estimate of drug-likeness (QED) is 0.171. The third-order valence-corrected chi connectivity index (χ3v) is 11.2. The second-order valence-electron chi connectivity index (χ2n) is 14.3. The molecule has 0 bridgehead atoms. The minimum absolute atomic E-state index is 0.00223. The van der Waals surface area contributed by atoms with Gasteiger partial charge in [0, 0.05) is 42.8 Å². The number of aliphatic hydroxyl groups is 8. The van der Waals surface area contributed by atoms with Gasteiger partial charge in [-0.1, -0.05) is 35.8 Å². The molecule has 1 amide bonds. The van der Waals surface area contributed by atoms with Crippen LogP contribution in [0.2, 0.25) is 0 Å². The Bertz CT molecular complexity index is 1760. The highest BCUT2D eigenvalue weighted by Crippen LogP contribution is 2.54.